The predicted octanol–water partition coefficient (Wildman–Crippen LogP) is 9.52. The molecule has 58 heavy (non-hydrogen) atoms. The van der Waals surface area contributed by atoms with Crippen LogP contribution in [-0.2, 0) is 22.4 Å². The number of nitrogens with zero attached hydrogens (tertiary/aromatic N) is 6. The van der Waals surface area contributed by atoms with Crippen LogP contribution in [0.25, 0.3) is 33.8 Å². The molecule has 4 aromatic carbocycles. The molecule has 8 nitrogen and oxygen atoms in total. The smallest absolute Gasteiger partial charge is 0.156 e. The van der Waals surface area contributed by atoms with Gasteiger partial charge in [0.1, 0.15) is 23.2 Å². The van der Waals surface area contributed by atoms with Crippen LogP contribution in [0.3, 0.4) is 0 Å². The number of fused-ring (bicyclic) bond motifs is 2. The van der Waals surface area contributed by atoms with E-state index in [2.05, 4.69) is 20.2 Å². The Morgan fingerprint density at radius 3 is 1.31 bits per heavy atom. The summed E-state index contributed by atoms with van der Waals surface area (Å²) in [7, 11) is 0. The van der Waals surface area contributed by atoms with Gasteiger partial charge in [-0.1, -0.05) is 84.9 Å². The molecule has 288 valence electrons. The zero-order valence-electron chi connectivity index (χ0n) is 32.1. The van der Waals surface area contributed by atoms with Gasteiger partial charge in [0, 0.05) is 47.9 Å². The molecule has 2 aliphatic carbocycles. The van der Waals surface area contributed by atoms with E-state index in [9.17, 15) is 18.4 Å². The van der Waals surface area contributed by atoms with Crippen LogP contribution in [0.1, 0.15) is 58.6 Å². The summed E-state index contributed by atoms with van der Waals surface area (Å²) in [5, 5.41) is 9.11. The highest BCUT2D eigenvalue weighted by molar-refractivity contribution is 5.88. The van der Waals surface area contributed by atoms with Crippen molar-refractivity contribution in [2.45, 2.75) is 51.4 Å². The van der Waals surface area contributed by atoms with Gasteiger partial charge in [0.15, 0.2) is 11.3 Å². The number of benzene rings is 4. The van der Waals surface area contributed by atoms with Crippen molar-refractivity contribution in [2.75, 3.05) is 0 Å². The lowest BCUT2D eigenvalue weighted by molar-refractivity contribution is -0.120. The molecule has 2 aliphatic rings. The van der Waals surface area contributed by atoms with Crippen LogP contribution in [0.15, 0.2) is 133 Å². The summed E-state index contributed by atoms with van der Waals surface area (Å²) in [6, 6.07) is 40.7. The molecule has 0 spiro atoms. The summed E-state index contributed by atoms with van der Waals surface area (Å²) in [6.45, 7) is 3.87. The molecule has 4 heterocycles. The predicted molar refractivity (Wildman–Crippen MR) is 218 cm³/mol. The first-order valence-electron chi connectivity index (χ1n) is 19.6. The third kappa shape index (κ3) is 7.82. The second-order valence-electron chi connectivity index (χ2n) is 15.4. The van der Waals surface area contributed by atoms with Gasteiger partial charge in [-0.25, -0.2) is 27.8 Å². The van der Waals surface area contributed by atoms with Gasteiger partial charge in [-0.15, -0.1) is 0 Å². The number of hydrogen-bond donors (Lipinski definition) is 0. The molecule has 10 heteroatoms. The van der Waals surface area contributed by atoms with Crippen LogP contribution in [-0.4, -0.2) is 40.8 Å². The molecule has 0 amide bonds. The lowest BCUT2D eigenvalue weighted by Crippen LogP contribution is -2.09. The summed E-state index contributed by atoms with van der Waals surface area (Å²) < 4.78 is 29.9. The number of hydrogen-bond acceptors (Lipinski definition) is 6. The van der Waals surface area contributed by atoms with Crippen LogP contribution in [0, 0.1) is 37.3 Å². The number of ketones is 2. The minimum atomic E-state index is -0.251. The standard InChI is InChI=1S/2C24H20FN3O/c2*1-15-11-24-26-19(12-22(28(24)27-15)17-5-3-2-4-6-17)13-23(29)21-14-20(21)16-7-9-18(25)10-8-16/h2*2-12,20-21H,13-14H2,1H3/t20-,21+;20-,21-/m01/s1. The van der Waals surface area contributed by atoms with Gasteiger partial charge in [0.2, 0.25) is 0 Å². The fraction of sp³-hybridized carbons (Fsp3) is 0.208. The Bertz CT molecular complexity index is 2590. The summed E-state index contributed by atoms with van der Waals surface area (Å²) in [5.74, 6) is 0.238. The summed E-state index contributed by atoms with van der Waals surface area (Å²) in [5.41, 5.74) is 10.8. The lowest BCUT2D eigenvalue weighted by atomic mass is 10.0. The zero-order chi connectivity index (χ0) is 39.9. The lowest BCUT2D eigenvalue weighted by Gasteiger charge is -2.08. The van der Waals surface area contributed by atoms with Crippen molar-refractivity contribution < 1.29 is 18.4 Å². The minimum Gasteiger partial charge on any atom is -0.299 e. The van der Waals surface area contributed by atoms with Gasteiger partial charge < -0.3 is 0 Å². The molecular formula is C48H40F2N6O2. The number of rotatable bonds is 10. The second-order valence-corrected chi connectivity index (χ2v) is 15.4. The zero-order valence-corrected chi connectivity index (χ0v) is 32.1. The summed E-state index contributed by atoms with van der Waals surface area (Å²) in [4.78, 5) is 35.1. The molecule has 10 rings (SSSR count). The Hall–Kier alpha value is -6.68. The number of Topliss-reactive ketones (excluding diaryl/α,β-unsaturated/α-hetero) is 2. The fourth-order valence-corrected chi connectivity index (χ4v) is 7.97. The van der Waals surface area contributed by atoms with Crippen LogP contribution in [0.4, 0.5) is 8.78 Å². The molecule has 0 N–H and O–H groups in total. The minimum absolute atomic E-state index is 0.00897. The van der Waals surface area contributed by atoms with Gasteiger partial charge in [0.25, 0.3) is 0 Å². The summed E-state index contributed by atoms with van der Waals surface area (Å²) >= 11 is 0. The van der Waals surface area contributed by atoms with Crippen molar-refractivity contribution in [1.29, 1.82) is 0 Å². The van der Waals surface area contributed by atoms with E-state index in [1.165, 1.54) is 24.3 Å². The number of carbonyl (C=O) groups is 2. The van der Waals surface area contributed by atoms with Crippen molar-refractivity contribution in [1.82, 2.24) is 29.2 Å². The van der Waals surface area contributed by atoms with E-state index >= 15 is 0 Å². The van der Waals surface area contributed by atoms with E-state index in [-0.39, 0.29) is 46.9 Å². The maximum Gasteiger partial charge on any atom is 0.156 e. The normalized spacial score (nSPS) is 18.1. The highest BCUT2D eigenvalue weighted by Crippen LogP contribution is 2.49. The maximum atomic E-state index is 13.1. The van der Waals surface area contributed by atoms with E-state index in [1.54, 1.807) is 24.3 Å². The molecule has 0 aliphatic heterocycles. The number of carbonyl (C=O) groups excluding carboxylic acids is 2. The van der Waals surface area contributed by atoms with Gasteiger partial charge in [-0.3, -0.25) is 9.59 Å². The molecular weight excluding hydrogens is 731 g/mol. The number of aryl methyl sites for hydroxylation is 2. The van der Waals surface area contributed by atoms with Crippen LogP contribution in [0.5, 0.6) is 0 Å². The Morgan fingerprint density at radius 1 is 0.552 bits per heavy atom. The van der Waals surface area contributed by atoms with Crippen LogP contribution < -0.4 is 0 Å². The first kappa shape index (κ1) is 36.9. The highest BCUT2D eigenvalue weighted by Gasteiger charge is 2.44. The van der Waals surface area contributed by atoms with Crippen molar-refractivity contribution in [3.05, 3.63) is 179 Å². The highest BCUT2D eigenvalue weighted by atomic mass is 19.1. The van der Waals surface area contributed by atoms with E-state index in [4.69, 9.17) is 0 Å². The van der Waals surface area contributed by atoms with Crippen molar-refractivity contribution in [3.63, 3.8) is 0 Å². The monoisotopic (exact) mass is 770 g/mol. The largest absolute Gasteiger partial charge is 0.299 e. The maximum absolute atomic E-state index is 13.1. The first-order chi connectivity index (χ1) is 28.2. The average Bonchev–Trinajstić information content (AvgIpc) is 4.14. The average molecular weight is 771 g/mol. The molecule has 8 aromatic rings. The van der Waals surface area contributed by atoms with Crippen LogP contribution in [0.2, 0.25) is 0 Å². The molecule has 4 atom stereocenters. The Morgan fingerprint density at radius 2 is 0.931 bits per heavy atom. The molecule has 2 fully saturated rings. The fourth-order valence-electron chi connectivity index (χ4n) is 7.97. The second kappa shape index (κ2) is 15.3. The van der Waals surface area contributed by atoms with Crippen molar-refractivity contribution >= 4 is 22.9 Å². The SMILES string of the molecule is Cc1cc2nc(CC(=O)[C@@H]3C[C@@H]3c3ccc(F)cc3)cc(-c3ccccc3)n2n1.Cc1cc2nc(CC(=O)[C@@H]3C[C@H]3c3ccc(F)cc3)cc(-c3ccccc3)n2n1. The van der Waals surface area contributed by atoms with Gasteiger partial charge in [-0.2, -0.15) is 10.2 Å². The molecule has 0 unspecified atom stereocenters. The van der Waals surface area contributed by atoms with E-state index < -0.39 is 0 Å². The van der Waals surface area contributed by atoms with Gasteiger partial charge in [0.05, 0.1) is 34.2 Å². The molecule has 0 radical (unpaired) electrons. The topological polar surface area (TPSA) is 94.5 Å². The van der Waals surface area contributed by atoms with Gasteiger partial charge >= 0.3 is 0 Å². The van der Waals surface area contributed by atoms with Gasteiger partial charge in [-0.05, 0) is 86.1 Å². The third-order valence-electron chi connectivity index (χ3n) is 11.1. The quantitative estimate of drug-likeness (QED) is 0.138. The Kier molecular flexibility index (Phi) is 9.77. The van der Waals surface area contributed by atoms with E-state index in [0.29, 0.717) is 12.8 Å². The Balaban J connectivity index is 0.000000150. The third-order valence-corrected chi connectivity index (χ3v) is 11.1. The summed E-state index contributed by atoms with van der Waals surface area (Å²) in [6.07, 6.45) is 2.24. The Labute approximate surface area is 334 Å². The molecule has 0 saturated heterocycles. The van der Waals surface area contributed by atoms with Crippen molar-refractivity contribution in [2.24, 2.45) is 11.8 Å². The van der Waals surface area contributed by atoms with E-state index in [1.807, 2.05) is 108 Å². The first-order valence-corrected chi connectivity index (χ1v) is 19.6. The molecule has 2 saturated carbocycles. The van der Waals surface area contributed by atoms with E-state index in [0.717, 1.165) is 80.6 Å². The molecule has 0 bridgehead atoms. The van der Waals surface area contributed by atoms with Crippen LogP contribution >= 0.6 is 0 Å². The molecule has 4 aromatic heterocycles. The van der Waals surface area contributed by atoms with Crippen molar-refractivity contribution in [3.8, 4) is 22.5 Å². The number of halogens is 2. The number of aromatic nitrogens is 6.